The molecule has 0 spiro atoms. The van der Waals surface area contributed by atoms with Crippen LogP contribution in [-0.4, -0.2) is 29.5 Å². The fraction of sp³-hybridized carbons (Fsp3) is 0.727. The van der Waals surface area contributed by atoms with Gasteiger partial charge in [-0.3, -0.25) is 4.68 Å². The van der Waals surface area contributed by atoms with Crippen molar-refractivity contribution in [2.24, 2.45) is 13.0 Å². The average Bonchev–Trinajstić information content (AvgIpc) is 2.85. The van der Waals surface area contributed by atoms with Gasteiger partial charge in [0.25, 0.3) is 0 Å². The van der Waals surface area contributed by atoms with Crippen LogP contribution in [0.25, 0.3) is 0 Å². The van der Waals surface area contributed by atoms with E-state index in [9.17, 15) is 0 Å². The molecular weight excluding hydrogens is 190 g/mol. The van der Waals surface area contributed by atoms with Gasteiger partial charge in [-0.1, -0.05) is 6.92 Å². The van der Waals surface area contributed by atoms with Crippen LogP contribution >= 0.6 is 0 Å². The summed E-state index contributed by atoms with van der Waals surface area (Å²) in [5.74, 6) is 0.592. The maximum absolute atomic E-state index is 5.45. The molecule has 1 saturated heterocycles. The third-order valence-corrected chi connectivity index (χ3v) is 2.94. The molecule has 0 bridgehead atoms. The zero-order valence-electron chi connectivity index (χ0n) is 9.44. The van der Waals surface area contributed by atoms with Crippen molar-refractivity contribution in [3.05, 3.63) is 18.0 Å². The molecule has 1 aromatic rings. The second-order valence-electron chi connectivity index (χ2n) is 4.11. The van der Waals surface area contributed by atoms with Crippen LogP contribution < -0.4 is 5.32 Å². The standard InChI is InChI=1S/C11H19N3O/c1-3-12-11(9-4-5-15-8-9)10-6-13-14(2)7-10/h6-7,9,11-12H,3-5,8H2,1-2H3. The summed E-state index contributed by atoms with van der Waals surface area (Å²) in [6.45, 7) is 4.88. The fourth-order valence-electron chi connectivity index (χ4n) is 2.19. The molecule has 1 fully saturated rings. The van der Waals surface area contributed by atoms with Crippen molar-refractivity contribution in [2.45, 2.75) is 19.4 Å². The molecule has 1 aromatic heterocycles. The first-order valence-electron chi connectivity index (χ1n) is 5.61. The van der Waals surface area contributed by atoms with Gasteiger partial charge in [-0.2, -0.15) is 5.10 Å². The topological polar surface area (TPSA) is 39.1 Å². The van der Waals surface area contributed by atoms with Gasteiger partial charge >= 0.3 is 0 Å². The molecule has 1 aliphatic heterocycles. The summed E-state index contributed by atoms with van der Waals surface area (Å²) in [6, 6.07) is 0.395. The van der Waals surface area contributed by atoms with Crippen molar-refractivity contribution in [1.82, 2.24) is 15.1 Å². The first-order chi connectivity index (χ1) is 7.31. The van der Waals surface area contributed by atoms with Gasteiger partial charge in [0.1, 0.15) is 0 Å². The molecule has 1 aliphatic rings. The molecule has 84 valence electrons. The Hall–Kier alpha value is -0.870. The molecule has 2 unspecified atom stereocenters. The van der Waals surface area contributed by atoms with Crippen LogP contribution in [0.2, 0.25) is 0 Å². The highest BCUT2D eigenvalue weighted by atomic mass is 16.5. The molecule has 15 heavy (non-hydrogen) atoms. The monoisotopic (exact) mass is 209 g/mol. The van der Waals surface area contributed by atoms with E-state index in [0.717, 1.165) is 26.2 Å². The lowest BCUT2D eigenvalue weighted by Gasteiger charge is -2.21. The van der Waals surface area contributed by atoms with Gasteiger partial charge in [-0.05, 0) is 13.0 Å². The smallest absolute Gasteiger partial charge is 0.0537 e. The summed E-state index contributed by atoms with van der Waals surface area (Å²) >= 11 is 0. The predicted octanol–water partition coefficient (Wildman–Crippen LogP) is 1.11. The zero-order valence-corrected chi connectivity index (χ0v) is 9.44. The van der Waals surface area contributed by atoms with Crippen LogP contribution in [0.15, 0.2) is 12.4 Å². The Bertz CT molecular complexity index is 305. The highest BCUT2D eigenvalue weighted by Crippen LogP contribution is 2.28. The zero-order chi connectivity index (χ0) is 10.7. The minimum Gasteiger partial charge on any atom is -0.381 e. The van der Waals surface area contributed by atoms with Crippen LogP contribution in [0.5, 0.6) is 0 Å². The van der Waals surface area contributed by atoms with E-state index in [4.69, 9.17) is 4.74 Å². The molecule has 2 atom stereocenters. The van der Waals surface area contributed by atoms with E-state index in [0.29, 0.717) is 12.0 Å². The number of ether oxygens (including phenoxy) is 1. The molecule has 0 radical (unpaired) electrons. The first-order valence-corrected chi connectivity index (χ1v) is 5.61. The predicted molar refractivity (Wildman–Crippen MR) is 58.6 cm³/mol. The maximum Gasteiger partial charge on any atom is 0.0537 e. The Kier molecular flexibility index (Phi) is 3.38. The van der Waals surface area contributed by atoms with E-state index < -0.39 is 0 Å². The number of rotatable bonds is 4. The summed E-state index contributed by atoms with van der Waals surface area (Å²) in [7, 11) is 1.96. The van der Waals surface area contributed by atoms with Gasteiger partial charge in [0, 0.05) is 37.4 Å². The molecule has 0 saturated carbocycles. The highest BCUT2D eigenvalue weighted by molar-refractivity contribution is 5.12. The molecule has 2 rings (SSSR count). The van der Waals surface area contributed by atoms with Gasteiger partial charge < -0.3 is 10.1 Å². The van der Waals surface area contributed by atoms with E-state index in [1.165, 1.54) is 5.56 Å². The molecule has 0 amide bonds. The summed E-state index contributed by atoms with van der Waals surface area (Å²) < 4.78 is 7.30. The molecule has 2 heterocycles. The second-order valence-corrected chi connectivity index (χ2v) is 4.11. The van der Waals surface area contributed by atoms with Crippen molar-refractivity contribution in [1.29, 1.82) is 0 Å². The third-order valence-electron chi connectivity index (χ3n) is 2.94. The summed E-state index contributed by atoms with van der Waals surface area (Å²) in [4.78, 5) is 0. The van der Waals surface area contributed by atoms with E-state index in [1.54, 1.807) is 0 Å². The van der Waals surface area contributed by atoms with E-state index in [1.807, 2.05) is 17.9 Å². The SMILES string of the molecule is CCNC(c1cnn(C)c1)C1CCOC1. The van der Waals surface area contributed by atoms with Gasteiger partial charge in [0.15, 0.2) is 0 Å². The lowest BCUT2D eigenvalue weighted by molar-refractivity contribution is 0.177. The maximum atomic E-state index is 5.45. The molecule has 4 heteroatoms. The van der Waals surface area contributed by atoms with E-state index in [-0.39, 0.29) is 0 Å². The van der Waals surface area contributed by atoms with Crippen LogP contribution in [0, 0.1) is 5.92 Å². The summed E-state index contributed by atoms with van der Waals surface area (Å²) in [6.07, 6.45) is 5.18. The second kappa shape index (κ2) is 4.77. The number of nitrogens with one attached hydrogen (secondary N) is 1. The minimum absolute atomic E-state index is 0.395. The van der Waals surface area contributed by atoms with Gasteiger partial charge in [-0.25, -0.2) is 0 Å². The van der Waals surface area contributed by atoms with Crippen molar-refractivity contribution in [3.8, 4) is 0 Å². The summed E-state index contributed by atoms with van der Waals surface area (Å²) in [5.41, 5.74) is 1.27. The lowest BCUT2D eigenvalue weighted by atomic mass is 9.94. The number of hydrogen-bond donors (Lipinski definition) is 1. The fourth-order valence-corrected chi connectivity index (χ4v) is 2.19. The van der Waals surface area contributed by atoms with Crippen LogP contribution in [0.4, 0.5) is 0 Å². The Morgan fingerprint density at radius 2 is 2.60 bits per heavy atom. The van der Waals surface area contributed by atoms with Gasteiger partial charge in [0.05, 0.1) is 12.8 Å². The van der Waals surface area contributed by atoms with E-state index >= 15 is 0 Å². The number of nitrogens with zero attached hydrogens (tertiary/aromatic N) is 2. The largest absolute Gasteiger partial charge is 0.381 e. The first kappa shape index (κ1) is 10.6. The van der Waals surface area contributed by atoms with Crippen molar-refractivity contribution in [3.63, 3.8) is 0 Å². The molecule has 0 aliphatic carbocycles. The third kappa shape index (κ3) is 2.38. The Balaban J connectivity index is 2.11. The Labute approximate surface area is 90.6 Å². The lowest BCUT2D eigenvalue weighted by Crippen LogP contribution is -2.28. The van der Waals surface area contributed by atoms with Crippen molar-refractivity contribution >= 4 is 0 Å². The molecule has 1 N–H and O–H groups in total. The van der Waals surface area contributed by atoms with E-state index in [2.05, 4.69) is 23.5 Å². The quantitative estimate of drug-likeness (QED) is 0.807. The normalized spacial score (nSPS) is 23.2. The van der Waals surface area contributed by atoms with Crippen LogP contribution in [0.3, 0.4) is 0 Å². The number of aryl methyl sites for hydroxylation is 1. The Morgan fingerprint density at radius 3 is 3.13 bits per heavy atom. The average molecular weight is 209 g/mol. The molecular formula is C11H19N3O. The summed E-state index contributed by atoms with van der Waals surface area (Å²) in [5, 5.41) is 7.75. The number of aromatic nitrogens is 2. The molecule has 0 aromatic carbocycles. The van der Waals surface area contributed by atoms with Crippen LogP contribution in [0.1, 0.15) is 24.9 Å². The molecule has 4 nitrogen and oxygen atoms in total. The van der Waals surface area contributed by atoms with Gasteiger partial charge in [0.2, 0.25) is 0 Å². The van der Waals surface area contributed by atoms with Crippen LogP contribution in [-0.2, 0) is 11.8 Å². The van der Waals surface area contributed by atoms with Crippen molar-refractivity contribution in [2.75, 3.05) is 19.8 Å². The van der Waals surface area contributed by atoms with Crippen molar-refractivity contribution < 1.29 is 4.74 Å². The van der Waals surface area contributed by atoms with Gasteiger partial charge in [-0.15, -0.1) is 0 Å². The minimum atomic E-state index is 0.395. The highest BCUT2D eigenvalue weighted by Gasteiger charge is 2.27. The number of hydrogen-bond acceptors (Lipinski definition) is 3. The Morgan fingerprint density at radius 1 is 1.73 bits per heavy atom.